The molecule has 0 bridgehead atoms. The van der Waals surface area contributed by atoms with E-state index in [1.165, 1.54) is 6.08 Å². The van der Waals surface area contributed by atoms with Crippen LogP contribution in [0.5, 0.6) is 5.75 Å². The zero-order valence-electron chi connectivity index (χ0n) is 17.7. The number of carbonyl (C=O) groups is 2. The highest BCUT2D eigenvalue weighted by molar-refractivity contribution is 5.90. The molecule has 1 aliphatic rings. The summed E-state index contributed by atoms with van der Waals surface area (Å²) in [6.07, 6.45) is 5.33. The first-order chi connectivity index (χ1) is 15.1. The van der Waals surface area contributed by atoms with Crippen molar-refractivity contribution in [2.75, 3.05) is 13.2 Å². The van der Waals surface area contributed by atoms with E-state index in [1.807, 2.05) is 48.5 Å². The number of hydrogen-bond acceptors (Lipinski definition) is 5. The van der Waals surface area contributed by atoms with Crippen LogP contribution in [-0.2, 0) is 19.1 Å². The van der Waals surface area contributed by atoms with Gasteiger partial charge < -0.3 is 14.2 Å². The Morgan fingerprint density at radius 2 is 1.58 bits per heavy atom. The number of cyclic esters (lactones) is 1. The van der Waals surface area contributed by atoms with Crippen LogP contribution in [0.4, 0.5) is 0 Å². The predicted molar refractivity (Wildman–Crippen MR) is 120 cm³/mol. The number of unbranched alkanes of at least 4 members (excludes halogenated alkanes) is 3. The van der Waals surface area contributed by atoms with Crippen molar-refractivity contribution in [2.45, 2.75) is 38.2 Å². The lowest BCUT2D eigenvalue weighted by molar-refractivity contribution is -0.139. The molecule has 1 heterocycles. The van der Waals surface area contributed by atoms with Crippen LogP contribution in [-0.4, -0.2) is 25.2 Å². The Morgan fingerprint density at radius 1 is 0.968 bits per heavy atom. The molecule has 2 aromatic carbocycles. The van der Waals surface area contributed by atoms with Gasteiger partial charge in [0.2, 0.25) is 0 Å². The molecule has 0 radical (unpaired) electrons. The Hall–Kier alpha value is -3.34. The van der Waals surface area contributed by atoms with Gasteiger partial charge in [-0.05, 0) is 54.5 Å². The number of benzene rings is 2. The third-order valence-corrected chi connectivity index (χ3v) is 5.16. The summed E-state index contributed by atoms with van der Waals surface area (Å²) in [4.78, 5) is 22.4. The minimum atomic E-state index is -0.367. The molecule has 1 atom stereocenters. The monoisotopic (exact) mass is 420 g/mol. The van der Waals surface area contributed by atoms with Crippen LogP contribution in [0.2, 0.25) is 0 Å². The van der Waals surface area contributed by atoms with Crippen molar-refractivity contribution in [3.05, 3.63) is 78.9 Å². The standard InChI is InChI=1S/C26H28O5/c1-3-25(27)30-17-7-5-4-6-16-29-23-14-12-21(13-15-23)20-8-10-22(11-9-20)24-18-19(2)26(28)31-24/h3,8-15,24H,1-2,4-7,16-18H2. The fourth-order valence-corrected chi connectivity index (χ4v) is 3.36. The van der Waals surface area contributed by atoms with E-state index in [1.54, 1.807) is 0 Å². The first-order valence-electron chi connectivity index (χ1n) is 10.6. The Bertz CT molecular complexity index is 896. The molecule has 5 heteroatoms. The molecule has 0 aliphatic carbocycles. The van der Waals surface area contributed by atoms with Crippen LogP contribution in [0.25, 0.3) is 11.1 Å². The summed E-state index contributed by atoms with van der Waals surface area (Å²) in [6.45, 7) is 8.19. The Kier molecular flexibility index (Phi) is 8.05. The lowest BCUT2D eigenvalue weighted by Crippen LogP contribution is -2.02. The van der Waals surface area contributed by atoms with E-state index in [2.05, 4.69) is 13.2 Å². The van der Waals surface area contributed by atoms with E-state index in [0.717, 1.165) is 48.1 Å². The van der Waals surface area contributed by atoms with E-state index in [9.17, 15) is 9.59 Å². The van der Waals surface area contributed by atoms with Gasteiger partial charge in [-0.3, -0.25) is 0 Å². The Labute approximate surface area is 183 Å². The normalized spacial score (nSPS) is 15.4. The summed E-state index contributed by atoms with van der Waals surface area (Å²) >= 11 is 0. The zero-order chi connectivity index (χ0) is 22.1. The van der Waals surface area contributed by atoms with Gasteiger partial charge in [0.1, 0.15) is 11.9 Å². The summed E-state index contributed by atoms with van der Waals surface area (Å²) < 4.78 is 16.1. The highest BCUT2D eigenvalue weighted by Gasteiger charge is 2.28. The second-order valence-electron chi connectivity index (χ2n) is 7.48. The maximum absolute atomic E-state index is 11.5. The summed E-state index contributed by atoms with van der Waals surface area (Å²) in [5, 5.41) is 0. The molecule has 2 aromatic rings. The summed E-state index contributed by atoms with van der Waals surface area (Å²) in [6, 6.07) is 16.1. The van der Waals surface area contributed by atoms with E-state index < -0.39 is 0 Å². The topological polar surface area (TPSA) is 61.8 Å². The number of hydrogen-bond donors (Lipinski definition) is 0. The largest absolute Gasteiger partial charge is 0.494 e. The highest BCUT2D eigenvalue weighted by Crippen LogP contribution is 2.33. The third-order valence-electron chi connectivity index (χ3n) is 5.16. The van der Waals surface area contributed by atoms with Gasteiger partial charge in [0.25, 0.3) is 0 Å². The third kappa shape index (κ3) is 6.57. The van der Waals surface area contributed by atoms with Crippen molar-refractivity contribution in [3.63, 3.8) is 0 Å². The van der Waals surface area contributed by atoms with Crippen molar-refractivity contribution in [2.24, 2.45) is 0 Å². The lowest BCUT2D eigenvalue weighted by Gasteiger charge is -2.11. The molecule has 0 saturated carbocycles. The van der Waals surface area contributed by atoms with Gasteiger partial charge in [0, 0.05) is 18.1 Å². The number of esters is 2. The molecule has 162 valence electrons. The fourth-order valence-electron chi connectivity index (χ4n) is 3.36. The molecule has 3 rings (SSSR count). The summed E-state index contributed by atoms with van der Waals surface area (Å²) in [7, 11) is 0. The van der Waals surface area contributed by atoms with Crippen LogP contribution in [0.15, 0.2) is 73.3 Å². The average Bonchev–Trinajstić information content (AvgIpc) is 3.14. The highest BCUT2D eigenvalue weighted by atomic mass is 16.6. The number of carbonyl (C=O) groups excluding carboxylic acids is 2. The molecule has 0 amide bonds. The van der Waals surface area contributed by atoms with Crippen molar-refractivity contribution in [1.82, 2.24) is 0 Å². The Balaban J connectivity index is 1.39. The fraction of sp³-hybridized carbons (Fsp3) is 0.308. The van der Waals surface area contributed by atoms with Gasteiger partial charge >= 0.3 is 11.9 Å². The van der Waals surface area contributed by atoms with Crippen LogP contribution < -0.4 is 4.74 Å². The van der Waals surface area contributed by atoms with Crippen LogP contribution >= 0.6 is 0 Å². The Morgan fingerprint density at radius 3 is 2.16 bits per heavy atom. The summed E-state index contributed by atoms with van der Waals surface area (Å²) in [5.74, 6) is 0.170. The molecule has 0 aromatic heterocycles. The quantitative estimate of drug-likeness (QED) is 0.270. The average molecular weight is 421 g/mol. The van der Waals surface area contributed by atoms with Gasteiger partial charge in [0.05, 0.1) is 13.2 Å². The van der Waals surface area contributed by atoms with Crippen LogP contribution in [0, 0.1) is 0 Å². The van der Waals surface area contributed by atoms with E-state index >= 15 is 0 Å². The van der Waals surface area contributed by atoms with Gasteiger partial charge in [-0.2, -0.15) is 0 Å². The molecule has 31 heavy (non-hydrogen) atoms. The van der Waals surface area contributed by atoms with E-state index in [4.69, 9.17) is 14.2 Å². The van der Waals surface area contributed by atoms with Crippen LogP contribution in [0.3, 0.4) is 0 Å². The van der Waals surface area contributed by atoms with E-state index in [0.29, 0.717) is 25.2 Å². The molecule has 0 N–H and O–H groups in total. The SMILES string of the molecule is C=CC(=O)OCCCCCCOc1ccc(-c2ccc(C3CC(=C)C(=O)O3)cc2)cc1. The minimum absolute atomic E-state index is 0.230. The maximum atomic E-state index is 11.5. The molecule has 1 aliphatic heterocycles. The minimum Gasteiger partial charge on any atom is -0.494 e. The smallest absolute Gasteiger partial charge is 0.334 e. The second-order valence-corrected chi connectivity index (χ2v) is 7.48. The molecule has 0 spiro atoms. The zero-order valence-corrected chi connectivity index (χ0v) is 17.7. The van der Waals surface area contributed by atoms with Crippen LogP contribution in [0.1, 0.15) is 43.8 Å². The number of ether oxygens (including phenoxy) is 3. The molecule has 1 fully saturated rings. The van der Waals surface area contributed by atoms with Crippen molar-refractivity contribution in [3.8, 4) is 16.9 Å². The second kappa shape index (κ2) is 11.2. The molecule has 1 unspecified atom stereocenters. The van der Waals surface area contributed by atoms with E-state index in [-0.39, 0.29) is 18.0 Å². The maximum Gasteiger partial charge on any atom is 0.334 e. The van der Waals surface area contributed by atoms with Gasteiger partial charge in [-0.15, -0.1) is 0 Å². The van der Waals surface area contributed by atoms with Gasteiger partial charge in [0.15, 0.2) is 0 Å². The van der Waals surface area contributed by atoms with Gasteiger partial charge in [-0.1, -0.05) is 49.6 Å². The first-order valence-corrected chi connectivity index (χ1v) is 10.6. The molecular weight excluding hydrogens is 392 g/mol. The van der Waals surface area contributed by atoms with Gasteiger partial charge in [-0.25, -0.2) is 9.59 Å². The van der Waals surface area contributed by atoms with Crippen molar-refractivity contribution in [1.29, 1.82) is 0 Å². The van der Waals surface area contributed by atoms with Crippen molar-refractivity contribution >= 4 is 11.9 Å². The molecule has 5 nitrogen and oxygen atoms in total. The van der Waals surface area contributed by atoms with Crippen molar-refractivity contribution < 1.29 is 23.8 Å². The number of rotatable bonds is 11. The predicted octanol–water partition coefficient (Wildman–Crippen LogP) is 5.57. The first kappa shape index (κ1) is 22.3. The molecular formula is C26H28O5. The summed E-state index contributed by atoms with van der Waals surface area (Å²) in [5.41, 5.74) is 3.70. The molecule has 1 saturated heterocycles. The lowest BCUT2D eigenvalue weighted by atomic mass is 10.00.